The van der Waals surface area contributed by atoms with Crippen LogP contribution in [0.1, 0.15) is 71.1 Å². The number of carbonyl (C=O) groups excluding carboxylic acids is 1. The lowest BCUT2D eigenvalue weighted by Gasteiger charge is -2.09. The third-order valence-electron chi connectivity index (χ3n) is 10.7. The fourth-order valence-electron chi connectivity index (χ4n) is 6.44. The average molecular weight is 1150 g/mol. The number of aliphatic hydroxyl groups is 1. The van der Waals surface area contributed by atoms with E-state index >= 15 is 0 Å². The van der Waals surface area contributed by atoms with Gasteiger partial charge in [0.15, 0.2) is 0 Å². The molecule has 0 aliphatic rings. The van der Waals surface area contributed by atoms with Gasteiger partial charge < -0.3 is 105 Å². The normalized spacial score (nSPS) is 11.6. The van der Waals surface area contributed by atoms with Crippen molar-refractivity contribution in [1.82, 2.24) is 5.32 Å². The van der Waals surface area contributed by atoms with Crippen molar-refractivity contribution in [2.45, 2.75) is 71.1 Å². The third-order valence-corrected chi connectivity index (χ3v) is 10.7. The first-order valence-corrected chi connectivity index (χ1v) is 29.3. The molecular formula is C56H111NO22. The van der Waals surface area contributed by atoms with Crippen LogP contribution in [0.3, 0.4) is 0 Å². The topological polar surface area (TPSA) is 234 Å². The molecule has 0 unspecified atom stereocenters. The first kappa shape index (κ1) is 77.4. The Bertz CT molecular complexity index is 1160. The maximum atomic E-state index is 11.4. The molecule has 0 heterocycles. The predicted octanol–water partition coefficient (Wildman–Crippen LogP) is 3.90. The molecule has 0 spiro atoms. The van der Waals surface area contributed by atoms with Gasteiger partial charge in [0.2, 0.25) is 5.91 Å². The highest BCUT2D eigenvalue weighted by atomic mass is 16.6. The Labute approximate surface area is 475 Å². The van der Waals surface area contributed by atoms with Crippen molar-refractivity contribution in [2.24, 2.45) is 0 Å². The molecule has 0 saturated heterocycles. The van der Waals surface area contributed by atoms with E-state index in [1.807, 2.05) is 0 Å². The first-order chi connectivity index (χ1) is 39.2. The second-order valence-electron chi connectivity index (χ2n) is 17.5. The Balaban J connectivity index is 3.09. The molecule has 23 heteroatoms. The van der Waals surface area contributed by atoms with Crippen molar-refractivity contribution < 1.29 is 105 Å². The lowest BCUT2D eigenvalue weighted by atomic mass is 10.1. The van der Waals surface area contributed by atoms with Gasteiger partial charge in [-0.3, -0.25) is 4.79 Å². The van der Waals surface area contributed by atoms with Crippen LogP contribution in [0.15, 0.2) is 12.2 Å². The minimum absolute atomic E-state index is 0.0187. The van der Waals surface area contributed by atoms with E-state index in [9.17, 15) is 4.79 Å². The molecule has 0 aromatic rings. The summed E-state index contributed by atoms with van der Waals surface area (Å²) in [5.41, 5.74) is 0.572. The van der Waals surface area contributed by atoms with Crippen molar-refractivity contribution in [1.29, 1.82) is 0 Å². The monoisotopic (exact) mass is 1150 g/mol. The van der Waals surface area contributed by atoms with Gasteiger partial charge in [-0.25, -0.2) is 0 Å². The van der Waals surface area contributed by atoms with Crippen molar-refractivity contribution >= 4 is 5.91 Å². The van der Waals surface area contributed by atoms with E-state index in [-0.39, 0.29) is 12.5 Å². The van der Waals surface area contributed by atoms with E-state index in [0.717, 1.165) is 26.0 Å². The molecule has 1 amide bonds. The van der Waals surface area contributed by atoms with E-state index < -0.39 is 0 Å². The quantitative estimate of drug-likeness (QED) is 0.0649. The Kier molecular flexibility index (Phi) is 71.0. The number of amides is 1. The van der Waals surface area contributed by atoms with Gasteiger partial charge in [0.1, 0.15) is 0 Å². The van der Waals surface area contributed by atoms with Crippen molar-refractivity contribution in [3.8, 4) is 0 Å². The molecule has 2 N–H and O–H groups in total. The first-order valence-electron chi connectivity index (χ1n) is 29.3. The minimum Gasteiger partial charge on any atom is -0.394 e. The molecule has 0 aliphatic carbocycles. The van der Waals surface area contributed by atoms with Crippen molar-refractivity contribution in [3.63, 3.8) is 0 Å². The SMILES string of the molecule is C=C(C)C(=O)NCCCCCCCCCCCCOCCOCCOCCOCCOCCOCCOCCOCCOCCOCCOCCOCCOCCOCCOCCOCCOCCOCCOCCOCCO. The summed E-state index contributed by atoms with van der Waals surface area (Å²) in [5.74, 6) is -0.0375. The van der Waals surface area contributed by atoms with Crippen LogP contribution >= 0.6 is 0 Å². The second kappa shape index (κ2) is 72.5. The molecule has 0 fully saturated rings. The standard InChI is InChI=1S/C56H111NO22/c1-55(2)56(59)57-13-11-9-7-5-3-4-6-8-10-12-15-60-17-19-62-21-23-64-25-27-66-29-31-68-33-35-70-37-39-72-41-43-74-45-47-76-49-51-78-53-54-79-52-50-77-48-46-75-44-42-73-40-38-71-36-34-69-32-30-67-28-26-65-24-22-63-20-18-61-16-14-58/h58H,1,3-54H2,2H3,(H,57,59). The third kappa shape index (κ3) is 72.4. The predicted molar refractivity (Wildman–Crippen MR) is 297 cm³/mol. The zero-order chi connectivity index (χ0) is 56.8. The number of hydrogen-bond donors (Lipinski definition) is 2. The number of carbonyl (C=O) groups is 1. The Morgan fingerprint density at radius 3 is 0.582 bits per heavy atom. The van der Waals surface area contributed by atoms with Gasteiger partial charge in [-0.15, -0.1) is 0 Å². The molecule has 0 radical (unpaired) electrons. The summed E-state index contributed by atoms with van der Waals surface area (Å²) in [6.07, 6.45) is 12.2. The molecule has 0 aromatic carbocycles. The highest BCUT2D eigenvalue weighted by molar-refractivity contribution is 5.91. The van der Waals surface area contributed by atoms with E-state index in [1.165, 1.54) is 51.4 Å². The van der Waals surface area contributed by atoms with Gasteiger partial charge in [-0.05, 0) is 19.8 Å². The maximum Gasteiger partial charge on any atom is 0.246 e. The van der Waals surface area contributed by atoms with Crippen molar-refractivity contribution in [2.75, 3.05) is 277 Å². The molecule has 0 rings (SSSR count). The van der Waals surface area contributed by atoms with E-state index in [1.54, 1.807) is 6.92 Å². The number of aliphatic hydroxyl groups excluding tert-OH is 1. The summed E-state index contributed by atoms with van der Waals surface area (Å²) in [4.78, 5) is 11.4. The van der Waals surface area contributed by atoms with Gasteiger partial charge in [0, 0.05) is 18.7 Å². The van der Waals surface area contributed by atoms with Gasteiger partial charge in [0.05, 0.1) is 264 Å². The highest BCUT2D eigenvalue weighted by Gasteiger charge is 2.02. The zero-order valence-corrected chi connectivity index (χ0v) is 49.0. The smallest absolute Gasteiger partial charge is 0.246 e. The fourth-order valence-corrected chi connectivity index (χ4v) is 6.44. The van der Waals surface area contributed by atoms with E-state index in [4.69, 9.17) is 99.8 Å². The Hall–Kier alpha value is -1.63. The van der Waals surface area contributed by atoms with Crippen LogP contribution in [0.25, 0.3) is 0 Å². The van der Waals surface area contributed by atoms with Crippen LogP contribution in [0, 0.1) is 0 Å². The molecule has 23 nitrogen and oxygen atoms in total. The van der Waals surface area contributed by atoms with Gasteiger partial charge >= 0.3 is 0 Å². The van der Waals surface area contributed by atoms with Crippen LogP contribution in [0.5, 0.6) is 0 Å². The molecule has 0 bridgehead atoms. The number of nitrogens with one attached hydrogen (secondary N) is 1. The fraction of sp³-hybridized carbons (Fsp3) is 0.946. The van der Waals surface area contributed by atoms with Gasteiger partial charge in [-0.1, -0.05) is 57.9 Å². The molecule has 79 heavy (non-hydrogen) atoms. The largest absolute Gasteiger partial charge is 0.394 e. The molecule has 0 saturated carbocycles. The number of ether oxygens (including phenoxy) is 20. The molecule has 0 atom stereocenters. The molecular weight excluding hydrogens is 1040 g/mol. The number of hydrogen-bond acceptors (Lipinski definition) is 22. The lowest BCUT2D eigenvalue weighted by Crippen LogP contribution is -2.24. The second-order valence-corrected chi connectivity index (χ2v) is 17.5. The molecule has 0 aliphatic heterocycles. The van der Waals surface area contributed by atoms with E-state index in [2.05, 4.69) is 11.9 Å². The van der Waals surface area contributed by atoms with Crippen LogP contribution in [-0.4, -0.2) is 288 Å². The maximum absolute atomic E-state index is 11.4. The van der Waals surface area contributed by atoms with Crippen LogP contribution < -0.4 is 5.32 Å². The van der Waals surface area contributed by atoms with Gasteiger partial charge in [-0.2, -0.15) is 0 Å². The summed E-state index contributed by atoms with van der Waals surface area (Å²) < 4.78 is 110. The Morgan fingerprint density at radius 2 is 0.405 bits per heavy atom. The van der Waals surface area contributed by atoms with Crippen LogP contribution in [0.4, 0.5) is 0 Å². The molecule has 0 aromatic heterocycles. The van der Waals surface area contributed by atoms with Gasteiger partial charge in [0.25, 0.3) is 0 Å². The summed E-state index contributed by atoms with van der Waals surface area (Å²) in [6, 6.07) is 0. The summed E-state index contributed by atoms with van der Waals surface area (Å²) in [5, 5.41) is 11.5. The average Bonchev–Trinajstić information content (AvgIpc) is 3.45. The number of unbranched alkanes of at least 4 members (excludes halogenated alkanes) is 9. The summed E-state index contributed by atoms with van der Waals surface area (Å²) in [6.45, 7) is 26.3. The Morgan fingerprint density at radius 1 is 0.253 bits per heavy atom. The summed E-state index contributed by atoms with van der Waals surface area (Å²) >= 11 is 0. The summed E-state index contributed by atoms with van der Waals surface area (Å²) in [7, 11) is 0. The molecule has 472 valence electrons. The van der Waals surface area contributed by atoms with Crippen LogP contribution in [-0.2, 0) is 99.5 Å². The highest BCUT2D eigenvalue weighted by Crippen LogP contribution is 2.10. The van der Waals surface area contributed by atoms with Crippen molar-refractivity contribution in [3.05, 3.63) is 12.2 Å². The zero-order valence-electron chi connectivity index (χ0n) is 49.0. The van der Waals surface area contributed by atoms with Crippen LogP contribution in [0.2, 0.25) is 0 Å². The lowest BCUT2D eigenvalue weighted by molar-refractivity contribution is -0.117. The minimum atomic E-state index is -0.0375. The number of rotatable bonds is 73. The van der Waals surface area contributed by atoms with E-state index in [0.29, 0.717) is 263 Å².